The SMILES string of the molecule is Cc1nc([C@@H]2CCCCN2Cc2ccc(F)cc2)ncc1C(=O)N1CCOCC1. The lowest BCUT2D eigenvalue weighted by atomic mass is 10.00. The Balaban J connectivity index is 1.51. The Morgan fingerprint density at radius 1 is 1.17 bits per heavy atom. The quantitative estimate of drug-likeness (QED) is 0.792. The maximum atomic E-state index is 13.2. The Hall–Kier alpha value is -2.38. The fourth-order valence-corrected chi connectivity index (χ4v) is 4.09. The third-order valence-electron chi connectivity index (χ3n) is 5.74. The van der Waals surface area contributed by atoms with Gasteiger partial charge in [-0.2, -0.15) is 0 Å². The smallest absolute Gasteiger partial charge is 0.257 e. The van der Waals surface area contributed by atoms with E-state index >= 15 is 0 Å². The average molecular weight is 398 g/mol. The van der Waals surface area contributed by atoms with Crippen molar-refractivity contribution in [2.75, 3.05) is 32.8 Å². The van der Waals surface area contributed by atoms with Crippen molar-refractivity contribution < 1.29 is 13.9 Å². The molecule has 0 unspecified atom stereocenters. The number of benzene rings is 1. The number of aryl methyl sites for hydroxylation is 1. The van der Waals surface area contributed by atoms with E-state index in [2.05, 4.69) is 9.88 Å². The highest BCUT2D eigenvalue weighted by molar-refractivity contribution is 5.95. The molecule has 0 saturated carbocycles. The van der Waals surface area contributed by atoms with Crippen LogP contribution in [0.1, 0.15) is 52.7 Å². The van der Waals surface area contributed by atoms with Crippen LogP contribution in [0.4, 0.5) is 4.39 Å². The number of halogens is 1. The fourth-order valence-electron chi connectivity index (χ4n) is 4.09. The van der Waals surface area contributed by atoms with Crippen molar-refractivity contribution in [3.8, 4) is 0 Å². The highest BCUT2D eigenvalue weighted by Gasteiger charge is 2.28. The lowest BCUT2D eigenvalue weighted by Crippen LogP contribution is -2.41. The van der Waals surface area contributed by atoms with Crippen LogP contribution >= 0.6 is 0 Å². The van der Waals surface area contributed by atoms with Crippen LogP contribution in [0, 0.1) is 12.7 Å². The van der Waals surface area contributed by atoms with E-state index in [4.69, 9.17) is 9.72 Å². The molecule has 2 aliphatic heterocycles. The number of hydrogen-bond acceptors (Lipinski definition) is 5. The van der Waals surface area contributed by atoms with Gasteiger partial charge in [-0.1, -0.05) is 18.6 Å². The van der Waals surface area contributed by atoms with E-state index in [0.29, 0.717) is 31.9 Å². The molecular weight excluding hydrogens is 371 g/mol. The summed E-state index contributed by atoms with van der Waals surface area (Å²) in [5, 5.41) is 0. The zero-order valence-electron chi connectivity index (χ0n) is 16.8. The van der Waals surface area contributed by atoms with Gasteiger partial charge < -0.3 is 9.64 Å². The van der Waals surface area contributed by atoms with E-state index in [9.17, 15) is 9.18 Å². The Bertz CT molecular complexity index is 852. The maximum Gasteiger partial charge on any atom is 0.257 e. The molecule has 0 bridgehead atoms. The van der Waals surface area contributed by atoms with Crippen LogP contribution < -0.4 is 0 Å². The molecule has 6 nitrogen and oxygen atoms in total. The molecule has 1 aromatic carbocycles. The van der Waals surface area contributed by atoms with Gasteiger partial charge in [0.15, 0.2) is 0 Å². The molecule has 1 amide bonds. The van der Waals surface area contributed by atoms with Gasteiger partial charge >= 0.3 is 0 Å². The highest BCUT2D eigenvalue weighted by atomic mass is 19.1. The van der Waals surface area contributed by atoms with Gasteiger partial charge in [0.1, 0.15) is 11.6 Å². The molecule has 29 heavy (non-hydrogen) atoms. The third kappa shape index (κ3) is 4.62. The van der Waals surface area contributed by atoms with Gasteiger partial charge in [0, 0.05) is 25.8 Å². The average Bonchev–Trinajstić information content (AvgIpc) is 2.76. The summed E-state index contributed by atoms with van der Waals surface area (Å²) in [6.45, 7) is 5.93. The van der Waals surface area contributed by atoms with E-state index in [1.165, 1.54) is 12.1 Å². The molecule has 1 atom stereocenters. The minimum absolute atomic E-state index is 0.0239. The van der Waals surface area contributed by atoms with Gasteiger partial charge in [0.05, 0.1) is 30.5 Å². The van der Waals surface area contributed by atoms with Crippen LogP contribution in [0.15, 0.2) is 30.5 Å². The summed E-state index contributed by atoms with van der Waals surface area (Å²) in [6.07, 6.45) is 4.92. The highest BCUT2D eigenvalue weighted by Crippen LogP contribution is 2.30. The number of rotatable bonds is 4. The summed E-state index contributed by atoms with van der Waals surface area (Å²) in [7, 11) is 0. The summed E-state index contributed by atoms with van der Waals surface area (Å²) < 4.78 is 18.5. The van der Waals surface area contributed by atoms with E-state index in [0.717, 1.165) is 49.4 Å². The zero-order valence-corrected chi connectivity index (χ0v) is 16.8. The van der Waals surface area contributed by atoms with Crippen molar-refractivity contribution in [3.05, 3.63) is 58.9 Å². The minimum atomic E-state index is -0.219. The predicted octanol–water partition coefficient (Wildman–Crippen LogP) is 3.12. The largest absolute Gasteiger partial charge is 0.378 e. The van der Waals surface area contributed by atoms with Crippen LogP contribution in [-0.2, 0) is 11.3 Å². The lowest BCUT2D eigenvalue weighted by molar-refractivity contribution is 0.0301. The van der Waals surface area contributed by atoms with Gasteiger partial charge in [-0.25, -0.2) is 14.4 Å². The van der Waals surface area contributed by atoms with E-state index < -0.39 is 0 Å². The Morgan fingerprint density at radius 2 is 1.93 bits per heavy atom. The topological polar surface area (TPSA) is 58.6 Å². The molecule has 2 aliphatic rings. The van der Waals surface area contributed by atoms with Crippen molar-refractivity contribution in [2.45, 2.75) is 38.8 Å². The third-order valence-corrected chi connectivity index (χ3v) is 5.74. The van der Waals surface area contributed by atoms with Crippen molar-refractivity contribution in [1.82, 2.24) is 19.8 Å². The van der Waals surface area contributed by atoms with Crippen LogP contribution in [0.25, 0.3) is 0 Å². The molecule has 0 N–H and O–H groups in total. The van der Waals surface area contributed by atoms with Gasteiger partial charge in [0.2, 0.25) is 0 Å². The normalized spacial score (nSPS) is 20.6. The molecular formula is C22H27FN4O2. The molecule has 1 aromatic heterocycles. The van der Waals surface area contributed by atoms with Crippen molar-refractivity contribution in [2.24, 2.45) is 0 Å². The first-order valence-electron chi connectivity index (χ1n) is 10.3. The molecule has 2 aromatic rings. The van der Waals surface area contributed by atoms with Gasteiger partial charge in [-0.15, -0.1) is 0 Å². The molecule has 7 heteroatoms. The molecule has 0 aliphatic carbocycles. The molecule has 0 spiro atoms. The molecule has 2 saturated heterocycles. The number of hydrogen-bond donors (Lipinski definition) is 0. The number of carbonyl (C=O) groups excluding carboxylic acids is 1. The summed E-state index contributed by atoms with van der Waals surface area (Å²) in [5.41, 5.74) is 2.37. The van der Waals surface area contributed by atoms with Crippen LogP contribution in [0.2, 0.25) is 0 Å². The maximum absolute atomic E-state index is 13.2. The van der Waals surface area contributed by atoms with Crippen molar-refractivity contribution in [3.63, 3.8) is 0 Å². The van der Waals surface area contributed by atoms with Crippen LogP contribution in [0.3, 0.4) is 0 Å². The second kappa shape index (κ2) is 8.97. The first-order valence-corrected chi connectivity index (χ1v) is 10.3. The molecule has 154 valence electrons. The number of nitrogens with zero attached hydrogens (tertiary/aromatic N) is 4. The first-order chi connectivity index (χ1) is 14.1. The summed E-state index contributed by atoms with van der Waals surface area (Å²) in [4.78, 5) is 26.3. The standard InChI is InChI=1S/C22H27FN4O2/c1-16-19(22(28)26-10-12-29-13-11-26)14-24-21(25-16)20-4-2-3-9-27(20)15-17-5-7-18(23)8-6-17/h5-8,14,20H,2-4,9-13,15H2,1H3/t20-/m0/s1. The Kier molecular flexibility index (Phi) is 6.16. The van der Waals surface area contributed by atoms with E-state index in [-0.39, 0.29) is 17.8 Å². The van der Waals surface area contributed by atoms with E-state index in [1.807, 2.05) is 19.1 Å². The summed E-state index contributed by atoms with van der Waals surface area (Å²) >= 11 is 0. The number of morpholine rings is 1. The number of piperidine rings is 1. The lowest BCUT2D eigenvalue weighted by Gasteiger charge is -2.35. The molecule has 3 heterocycles. The Labute approximate surface area is 170 Å². The number of ether oxygens (including phenoxy) is 1. The number of likely N-dealkylation sites (tertiary alicyclic amines) is 1. The monoisotopic (exact) mass is 398 g/mol. The first kappa shape index (κ1) is 19.9. The minimum Gasteiger partial charge on any atom is -0.378 e. The second-order valence-corrected chi connectivity index (χ2v) is 7.74. The van der Waals surface area contributed by atoms with E-state index in [1.54, 1.807) is 11.1 Å². The van der Waals surface area contributed by atoms with Crippen molar-refractivity contribution >= 4 is 5.91 Å². The van der Waals surface area contributed by atoms with Gasteiger partial charge in [-0.05, 0) is 44.0 Å². The van der Waals surface area contributed by atoms with Crippen LogP contribution in [-0.4, -0.2) is 58.5 Å². The molecule has 4 rings (SSSR count). The predicted molar refractivity (Wildman–Crippen MR) is 107 cm³/mol. The number of carbonyl (C=O) groups is 1. The Morgan fingerprint density at radius 3 is 2.66 bits per heavy atom. The van der Waals surface area contributed by atoms with Gasteiger partial charge in [-0.3, -0.25) is 9.69 Å². The number of aromatic nitrogens is 2. The second-order valence-electron chi connectivity index (χ2n) is 7.74. The fraction of sp³-hybridized carbons (Fsp3) is 0.500. The summed E-state index contributed by atoms with van der Waals surface area (Å²) in [5.74, 6) is 0.524. The molecule has 0 radical (unpaired) electrons. The zero-order chi connectivity index (χ0) is 20.2. The van der Waals surface area contributed by atoms with Crippen LogP contribution in [0.5, 0.6) is 0 Å². The molecule has 2 fully saturated rings. The van der Waals surface area contributed by atoms with Gasteiger partial charge in [0.25, 0.3) is 5.91 Å². The van der Waals surface area contributed by atoms with Crippen molar-refractivity contribution in [1.29, 1.82) is 0 Å². The summed E-state index contributed by atoms with van der Waals surface area (Å²) in [6, 6.07) is 6.77. The number of amides is 1.